The average Bonchev–Trinajstić information content (AvgIpc) is 2.31. The van der Waals surface area contributed by atoms with Gasteiger partial charge < -0.3 is 10.6 Å². The molecule has 0 aromatic heterocycles. The van der Waals surface area contributed by atoms with Crippen LogP contribution in [0.3, 0.4) is 0 Å². The van der Waals surface area contributed by atoms with Crippen LogP contribution in [-0.4, -0.2) is 24.0 Å². The van der Waals surface area contributed by atoms with E-state index in [1.54, 1.807) is 0 Å². The van der Waals surface area contributed by atoms with Gasteiger partial charge in [-0.15, -0.1) is 0 Å². The molecule has 0 aliphatic heterocycles. The molecule has 3 heteroatoms. The maximum atomic E-state index is 11.9. The number of hydrogen-bond acceptors (Lipinski definition) is 2. The monoisotopic (exact) mass is 240 g/mol. The van der Waals surface area contributed by atoms with Gasteiger partial charge in [0.2, 0.25) is 5.91 Å². The molecule has 0 heterocycles. The first-order chi connectivity index (χ1) is 8.02. The zero-order valence-electron chi connectivity index (χ0n) is 11.8. The number of rotatable bonds is 5. The number of carbonyl (C=O) groups is 1. The van der Waals surface area contributed by atoms with Gasteiger partial charge in [-0.2, -0.15) is 0 Å². The zero-order chi connectivity index (χ0) is 12.8. The van der Waals surface area contributed by atoms with Gasteiger partial charge in [0.15, 0.2) is 0 Å². The molecule has 2 atom stereocenters. The van der Waals surface area contributed by atoms with Crippen molar-refractivity contribution in [1.82, 2.24) is 10.6 Å². The van der Waals surface area contributed by atoms with Crippen molar-refractivity contribution in [3.63, 3.8) is 0 Å². The molecule has 17 heavy (non-hydrogen) atoms. The van der Waals surface area contributed by atoms with E-state index in [4.69, 9.17) is 0 Å². The van der Waals surface area contributed by atoms with Gasteiger partial charge in [-0.1, -0.05) is 13.8 Å². The number of amides is 1. The Morgan fingerprint density at radius 3 is 2.35 bits per heavy atom. The first-order valence-electron chi connectivity index (χ1n) is 7.09. The summed E-state index contributed by atoms with van der Waals surface area (Å²) < 4.78 is 0. The van der Waals surface area contributed by atoms with Gasteiger partial charge in [-0.3, -0.25) is 4.79 Å². The second kappa shape index (κ2) is 7.00. The molecule has 1 aliphatic carbocycles. The summed E-state index contributed by atoms with van der Waals surface area (Å²) in [5.41, 5.74) is 0. The van der Waals surface area contributed by atoms with E-state index < -0.39 is 0 Å². The Hall–Kier alpha value is -0.570. The lowest BCUT2D eigenvalue weighted by Gasteiger charge is -2.29. The molecule has 1 aliphatic rings. The molecule has 1 saturated carbocycles. The molecule has 1 fully saturated rings. The van der Waals surface area contributed by atoms with E-state index >= 15 is 0 Å². The van der Waals surface area contributed by atoms with Crippen LogP contribution in [-0.2, 0) is 4.79 Å². The van der Waals surface area contributed by atoms with Crippen LogP contribution >= 0.6 is 0 Å². The molecule has 0 aromatic rings. The fourth-order valence-corrected chi connectivity index (χ4v) is 2.33. The molecule has 100 valence electrons. The van der Waals surface area contributed by atoms with Crippen molar-refractivity contribution in [2.24, 2.45) is 5.92 Å². The lowest BCUT2D eigenvalue weighted by molar-refractivity contribution is -0.123. The summed E-state index contributed by atoms with van der Waals surface area (Å²) in [4.78, 5) is 11.9. The van der Waals surface area contributed by atoms with Crippen LogP contribution in [0.15, 0.2) is 0 Å². The number of hydrogen-bond donors (Lipinski definition) is 2. The summed E-state index contributed by atoms with van der Waals surface area (Å²) in [5, 5.41) is 6.48. The largest absolute Gasteiger partial charge is 0.352 e. The summed E-state index contributed by atoms with van der Waals surface area (Å²) in [7, 11) is 0. The van der Waals surface area contributed by atoms with Crippen LogP contribution in [0, 0.1) is 5.92 Å². The van der Waals surface area contributed by atoms with Crippen molar-refractivity contribution in [3.05, 3.63) is 0 Å². The fourth-order valence-electron chi connectivity index (χ4n) is 2.33. The minimum absolute atomic E-state index is 0.0672. The van der Waals surface area contributed by atoms with Gasteiger partial charge in [-0.05, 0) is 51.9 Å². The van der Waals surface area contributed by atoms with Gasteiger partial charge in [0.05, 0.1) is 6.04 Å². The van der Waals surface area contributed by atoms with E-state index in [0.29, 0.717) is 6.04 Å². The van der Waals surface area contributed by atoms with E-state index in [1.807, 2.05) is 13.8 Å². The average molecular weight is 240 g/mol. The molecular weight excluding hydrogens is 212 g/mol. The molecule has 1 rings (SSSR count). The standard InChI is InChI=1S/C14H28N2O/c1-5-11(3)15-14(17)12(4)16-13-8-6-10(2)7-9-13/h10-13,16H,5-9H2,1-4H3,(H,15,17). The van der Waals surface area contributed by atoms with E-state index in [9.17, 15) is 4.79 Å². The molecule has 0 aromatic carbocycles. The van der Waals surface area contributed by atoms with Crippen LogP contribution < -0.4 is 10.6 Å². The summed E-state index contributed by atoms with van der Waals surface area (Å²) in [6.07, 6.45) is 5.98. The van der Waals surface area contributed by atoms with E-state index in [0.717, 1.165) is 12.3 Å². The van der Waals surface area contributed by atoms with E-state index in [2.05, 4.69) is 24.5 Å². The fraction of sp³-hybridized carbons (Fsp3) is 0.929. The van der Waals surface area contributed by atoms with Crippen LogP contribution in [0.4, 0.5) is 0 Å². The SMILES string of the molecule is CCC(C)NC(=O)C(C)NC1CCC(C)CC1. The second-order valence-corrected chi connectivity index (χ2v) is 5.66. The smallest absolute Gasteiger partial charge is 0.237 e. The Labute approximate surface area is 106 Å². The third kappa shape index (κ3) is 5.07. The van der Waals surface area contributed by atoms with Crippen LogP contribution in [0.2, 0.25) is 0 Å². The van der Waals surface area contributed by atoms with Crippen molar-refractivity contribution in [2.75, 3.05) is 0 Å². The highest BCUT2D eigenvalue weighted by Gasteiger charge is 2.22. The molecule has 0 bridgehead atoms. The van der Waals surface area contributed by atoms with Crippen LogP contribution in [0.1, 0.15) is 59.8 Å². The molecule has 2 unspecified atom stereocenters. The Balaban J connectivity index is 2.28. The Kier molecular flexibility index (Phi) is 5.96. The summed E-state index contributed by atoms with van der Waals surface area (Å²) in [5.74, 6) is 0.996. The van der Waals surface area contributed by atoms with Crippen molar-refractivity contribution in [1.29, 1.82) is 0 Å². The molecule has 0 saturated heterocycles. The van der Waals surface area contributed by atoms with Crippen molar-refractivity contribution in [2.45, 2.75) is 77.9 Å². The lowest BCUT2D eigenvalue weighted by atomic mass is 9.87. The van der Waals surface area contributed by atoms with Crippen LogP contribution in [0.25, 0.3) is 0 Å². The normalized spacial score (nSPS) is 28.5. The van der Waals surface area contributed by atoms with Crippen molar-refractivity contribution < 1.29 is 4.79 Å². The highest BCUT2D eigenvalue weighted by molar-refractivity contribution is 5.81. The minimum atomic E-state index is -0.0672. The van der Waals surface area contributed by atoms with Gasteiger partial charge in [0.25, 0.3) is 0 Å². The topological polar surface area (TPSA) is 41.1 Å². The summed E-state index contributed by atoms with van der Waals surface area (Å²) in [6.45, 7) is 8.42. The Morgan fingerprint density at radius 1 is 1.24 bits per heavy atom. The molecule has 1 amide bonds. The Bertz CT molecular complexity index is 234. The molecule has 3 nitrogen and oxygen atoms in total. The second-order valence-electron chi connectivity index (χ2n) is 5.66. The first kappa shape index (κ1) is 14.5. The minimum Gasteiger partial charge on any atom is -0.352 e. The molecular formula is C14H28N2O. The highest BCUT2D eigenvalue weighted by Crippen LogP contribution is 2.23. The third-order valence-electron chi connectivity index (χ3n) is 3.90. The third-order valence-corrected chi connectivity index (χ3v) is 3.90. The first-order valence-corrected chi connectivity index (χ1v) is 7.09. The van der Waals surface area contributed by atoms with Crippen molar-refractivity contribution in [3.8, 4) is 0 Å². The van der Waals surface area contributed by atoms with Gasteiger partial charge >= 0.3 is 0 Å². The zero-order valence-corrected chi connectivity index (χ0v) is 11.8. The maximum Gasteiger partial charge on any atom is 0.237 e. The predicted octanol–water partition coefficient (Wildman–Crippen LogP) is 2.46. The summed E-state index contributed by atoms with van der Waals surface area (Å²) >= 11 is 0. The van der Waals surface area contributed by atoms with Gasteiger partial charge in [0, 0.05) is 12.1 Å². The Morgan fingerprint density at radius 2 is 1.82 bits per heavy atom. The quantitative estimate of drug-likeness (QED) is 0.775. The molecule has 2 N–H and O–H groups in total. The van der Waals surface area contributed by atoms with E-state index in [1.165, 1.54) is 25.7 Å². The highest BCUT2D eigenvalue weighted by atomic mass is 16.2. The number of carbonyl (C=O) groups excluding carboxylic acids is 1. The lowest BCUT2D eigenvalue weighted by Crippen LogP contribution is -2.49. The van der Waals surface area contributed by atoms with Crippen LogP contribution in [0.5, 0.6) is 0 Å². The van der Waals surface area contributed by atoms with Crippen molar-refractivity contribution >= 4 is 5.91 Å². The number of nitrogens with one attached hydrogen (secondary N) is 2. The van der Waals surface area contributed by atoms with E-state index in [-0.39, 0.29) is 18.0 Å². The maximum absolute atomic E-state index is 11.9. The van der Waals surface area contributed by atoms with Gasteiger partial charge in [-0.25, -0.2) is 0 Å². The molecule has 0 spiro atoms. The summed E-state index contributed by atoms with van der Waals surface area (Å²) in [6, 6.07) is 0.740. The predicted molar refractivity (Wildman–Crippen MR) is 71.9 cm³/mol. The molecule has 0 radical (unpaired) electrons. The van der Waals surface area contributed by atoms with Gasteiger partial charge in [0.1, 0.15) is 0 Å².